The zero-order valence-corrected chi connectivity index (χ0v) is 12.3. The molecule has 4 rings (SSSR count). The molecule has 3 heterocycles. The van der Waals surface area contributed by atoms with Crippen LogP contribution in [0.4, 0.5) is 5.69 Å². The normalized spacial score (nSPS) is 18.3. The molecule has 1 atom stereocenters. The van der Waals surface area contributed by atoms with Crippen molar-refractivity contribution in [1.82, 2.24) is 10.3 Å². The quantitative estimate of drug-likeness (QED) is 0.724. The number of anilines is 1. The molecule has 1 fully saturated rings. The minimum atomic E-state index is -0.521. The van der Waals surface area contributed by atoms with Crippen molar-refractivity contribution >= 4 is 28.4 Å². The van der Waals surface area contributed by atoms with Crippen LogP contribution in [0.2, 0.25) is 0 Å². The first kappa shape index (κ1) is 13.8. The van der Waals surface area contributed by atoms with Crippen LogP contribution < -0.4 is 10.2 Å². The third-order valence-electron chi connectivity index (χ3n) is 4.05. The number of benzene rings is 1. The topological polar surface area (TPSA) is 78.3 Å². The SMILES string of the molecule is O=C1CC(NCc2ccco2)C(=O)N1c1ccc2cc[nH]c2c1. The van der Waals surface area contributed by atoms with E-state index in [4.69, 9.17) is 4.42 Å². The fourth-order valence-electron chi connectivity index (χ4n) is 2.87. The van der Waals surface area contributed by atoms with E-state index in [0.717, 1.165) is 16.7 Å². The Morgan fingerprint density at radius 2 is 2.17 bits per heavy atom. The molecule has 0 radical (unpaired) electrons. The first-order valence-corrected chi connectivity index (χ1v) is 7.42. The summed E-state index contributed by atoms with van der Waals surface area (Å²) in [7, 11) is 0. The summed E-state index contributed by atoms with van der Waals surface area (Å²) in [4.78, 5) is 29.2. The molecule has 1 saturated heterocycles. The molecule has 2 N–H and O–H groups in total. The van der Waals surface area contributed by atoms with Gasteiger partial charge in [0, 0.05) is 11.7 Å². The van der Waals surface area contributed by atoms with Crippen molar-refractivity contribution in [1.29, 1.82) is 0 Å². The van der Waals surface area contributed by atoms with Crippen molar-refractivity contribution in [3.8, 4) is 0 Å². The third kappa shape index (κ3) is 2.43. The number of hydrogen-bond donors (Lipinski definition) is 2. The number of furan rings is 1. The van der Waals surface area contributed by atoms with E-state index in [1.165, 1.54) is 4.90 Å². The fourth-order valence-corrected chi connectivity index (χ4v) is 2.87. The van der Waals surface area contributed by atoms with Gasteiger partial charge in [-0.05, 0) is 35.7 Å². The number of imide groups is 1. The standard InChI is InChI=1S/C17H15N3O3/c21-16-9-15(19-10-13-2-1-7-23-13)17(22)20(16)12-4-3-11-5-6-18-14(11)8-12/h1-8,15,18-19H,9-10H2. The molecule has 1 unspecified atom stereocenters. The van der Waals surface area contributed by atoms with Gasteiger partial charge in [0.25, 0.3) is 5.91 Å². The van der Waals surface area contributed by atoms with E-state index in [-0.39, 0.29) is 18.2 Å². The molecule has 0 spiro atoms. The Balaban J connectivity index is 1.54. The number of nitrogens with one attached hydrogen (secondary N) is 2. The molecule has 0 aliphatic carbocycles. The second-order valence-electron chi connectivity index (χ2n) is 5.53. The maximum absolute atomic E-state index is 12.6. The van der Waals surface area contributed by atoms with Crippen molar-refractivity contribution in [2.75, 3.05) is 4.90 Å². The summed E-state index contributed by atoms with van der Waals surface area (Å²) in [5, 5.41) is 4.12. The van der Waals surface area contributed by atoms with Crippen LogP contribution in [0.5, 0.6) is 0 Å². The molecule has 6 heteroatoms. The zero-order chi connectivity index (χ0) is 15.8. The Bertz CT molecular complexity index is 866. The Kier molecular flexibility index (Phi) is 3.24. The maximum atomic E-state index is 12.6. The fraction of sp³-hybridized carbons (Fsp3) is 0.176. The van der Waals surface area contributed by atoms with Crippen LogP contribution >= 0.6 is 0 Å². The number of aromatic amines is 1. The van der Waals surface area contributed by atoms with Gasteiger partial charge in [0.2, 0.25) is 5.91 Å². The lowest BCUT2D eigenvalue weighted by molar-refractivity contribution is -0.121. The van der Waals surface area contributed by atoms with E-state index >= 15 is 0 Å². The summed E-state index contributed by atoms with van der Waals surface area (Å²) >= 11 is 0. The van der Waals surface area contributed by atoms with Gasteiger partial charge in [-0.25, -0.2) is 4.90 Å². The molecule has 2 amide bonds. The van der Waals surface area contributed by atoms with Gasteiger partial charge in [-0.3, -0.25) is 14.9 Å². The largest absolute Gasteiger partial charge is 0.468 e. The molecule has 0 bridgehead atoms. The van der Waals surface area contributed by atoms with Gasteiger partial charge in [-0.1, -0.05) is 6.07 Å². The average Bonchev–Trinajstić information content (AvgIpc) is 3.25. The molecule has 2 aromatic heterocycles. The van der Waals surface area contributed by atoms with Crippen LogP contribution in [0, 0.1) is 0 Å². The van der Waals surface area contributed by atoms with Gasteiger partial charge in [-0.2, -0.15) is 0 Å². The summed E-state index contributed by atoms with van der Waals surface area (Å²) in [5.41, 5.74) is 1.49. The molecule has 6 nitrogen and oxygen atoms in total. The van der Waals surface area contributed by atoms with E-state index in [9.17, 15) is 9.59 Å². The predicted molar refractivity (Wildman–Crippen MR) is 84.7 cm³/mol. The summed E-state index contributed by atoms with van der Waals surface area (Å²) in [6.45, 7) is 0.417. The van der Waals surface area contributed by atoms with Gasteiger partial charge in [0.05, 0.1) is 31.0 Å². The average molecular weight is 309 g/mol. The lowest BCUT2D eigenvalue weighted by Gasteiger charge is -2.15. The van der Waals surface area contributed by atoms with Gasteiger partial charge in [0.15, 0.2) is 0 Å². The van der Waals surface area contributed by atoms with Crippen LogP contribution in [-0.4, -0.2) is 22.8 Å². The highest BCUT2D eigenvalue weighted by Crippen LogP contribution is 2.26. The number of fused-ring (bicyclic) bond motifs is 1. The van der Waals surface area contributed by atoms with Gasteiger partial charge < -0.3 is 9.40 Å². The van der Waals surface area contributed by atoms with E-state index in [0.29, 0.717) is 12.2 Å². The number of hydrogen-bond acceptors (Lipinski definition) is 4. The summed E-state index contributed by atoms with van der Waals surface area (Å²) < 4.78 is 5.23. The number of carbonyl (C=O) groups is 2. The van der Waals surface area contributed by atoms with Crippen LogP contribution in [0.1, 0.15) is 12.2 Å². The zero-order valence-electron chi connectivity index (χ0n) is 12.3. The highest BCUT2D eigenvalue weighted by Gasteiger charge is 2.39. The van der Waals surface area contributed by atoms with E-state index in [2.05, 4.69) is 10.3 Å². The predicted octanol–water partition coefficient (Wildman–Crippen LogP) is 2.18. The Labute approximate surface area is 132 Å². The molecular weight excluding hydrogens is 294 g/mol. The van der Waals surface area contributed by atoms with Gasteiger partial charge in [-0.15, -0.1) is 0 Å². The third-order valence-corrected chi connectivity index (χ3v) is 4.05. The van der Waals surface area contributed by atoms with Crippen LogP contribution in [-0.2, 0) is 16.1 Å². The molecule has 0 saturated carbocycles. The van der Waals surface area contributed by atoms with Gasteiger partial charge in [0.1, 0.15) is 5.76 Å². The first-order chi connectivity index (χ1) is 11.2. The molecule has 1 aliphatic rings. The molecule has 1 aromatic carbocycles. The Hall–Kier alpha value is -2.86. The second-order valence-corrected chi connectivity index (χ2v) is 5.53. The lowest BCUT2D eigenvalue weighted by atomic mass is 10.2. The van der Waals surface area contributed by atoms with Crippen LogP contribution in [0.3, 0.4) is 0 Å². The van der Waals surface area contributed by atoms with Crippen LogP contribution in [0.15, 0.2) is 53.3 Å². The molecular formula is C17H15N3O3. The van der Waals surface area contributed by atoms with Crippen molar-refractivity contribution in [2.24, 2.45) is 0 Å². The van der Waals surface area contributed by atoms with Gasteiger partial charge >= 0.3 is 0 Å². The Morgan fingerprint density at radius 3 is 3.00 bits per heavy atom. The molecule has 1 aliphatic heterocycles. The number of nitrogens with zero attached hydrogens (tertiary/aromatic N) is 1. The van der Waals surface area contributed by atoms with E-state index < -0.39 is 6.04 Å². The van der Waals surface area contributed by atoms with E-state index in [1.54, 1.807) is 18.4 Å². The minimum Gasteiger partial charge on any atom is -0.468 e. The summed E-state index contributed by atoms with van der Waals surface area (Å²) in [6.07, 6.45) is 3.56. The molecule has 116 valence electrons. The van der Waals surface area contributed by atoms with Crippen molar-refractivity contribution in [3.63, 3.8) is 0 Å². The minimum absolute atomic E-state index is 0.155. The number of amides is 2. The lowest BCUT2D eigenvalue weighted by Crippen LogP contribution is -2.38. The number of H-pyrrole nitrogens is 1. The smallest absolute Gasteiger partial charge is 0.251 e. The first-order valence-electron chi connectivity index (χ1n) is 7.42. The van der Waals surface area contributed by atoms with Crippen molar-refractivity contribution in [2.45, 2.75) is 19.0 Å². The highest BCUT2D eigenvalue weighted by molar-refractivity contribution is 6.22. The number of carbonyl (C=O) groups excluding carboxylic acids is 2. The molecule has 3 aromatic rings. The Morgan fingerprint density at radius 1 is 1.26 bits per heavy atom. The van der Waals surface area contributed by atoms with Crippen molar-refractivity contribution < 1.29 is 14.0 Å². The van der Waals surface area contributed by atoms with Crippen molar-refractivity contribution in [3.05, 3.63) is 54.6 Å². The number of aromatic nitrogens is 1. The molecule has 23 heavy (non-hydrogen) atoms. The summed E-state index contributed by atoms with van der Waals surface area (Å²) in [6, 6.07) is 10.5. The summed E-state index contributed by atoms with van der Waals surface area (Å²) in [5.74, 6) is 0.307. The van der Waals surface area contributed by atoms with E-state index in [1.807, 2.05) is 30.5 Å². The highest BCUT2D eigenvalue weighted by atomic mass is 16.3. The number of rotatable bonds is 4. The maximum Gasteiger partial charge on any atom is 0.251 e. The second kappa shape index (κ2) is 5.40. The monoisotopic (exact) mass is 309 g/mol. The van der Waals surface area contributed by atoms with Crippen LogP contribution in [0.25, 0.3) is 10.9 Å².